The number of aliphatic hydroxyl groups is 1. The van der Waals surface area contributed by atoms with Gasteiger partial charge >= 0.3 is 5.97 Å². The van der Waals surface area contributed by atoms with Gasteiger partial charge in [-0.25, -0.2) is 4.79 Å². The summed E-state index contributed by atoms with van der Waals surface area (Å²) in [5.74, 6) is 2.95. The second-order valence-electron chi connectivity index (χ2n) is 17.5. The lowest BCUT2D eigenvalue weighted by molar-refractivity contribution is -0.692. The summed E-state index contributed by atoms with van der Waals surface area (Å²) in [4.78, 5) is 13.3. The molecule has 0 amide bonds. The smallest absolute Gasteiger partial charge is 0.372 e. The fourth-order valence-electron chi connectivity index (χ4n) is 13.0. The number of aryl methyl sites for hydroxylation is 2. The molecule has 0 spiro atoms. The molecule has 0 bridgehead atoms. The first-order valence-corrected chi connectivity index (χ1v) is 17.6. The molecule has 4 nitrogen and oxygen atoms in total. The predicted octanol–water partition coefficient (Wildman–Crippen LogP) is 8.15. The molecule has 0 saturated heterocycles. The van der Waals surface area contributed by atoms with Crippen molar-refractivity contribution in [2.45, 2.75) is 132 Å². The minimum atomic E-state index is -0.106. The highest BCUT2D eigenvalue weighted by molar-refractivity contribution is 5.68. The van der Waals surface area contributed by atoms with Crippen molar-refractivity contribution in [2.75, 3.05) is 6.61 Å². The van der Waals surface area contributed by atoms with Gasteiger partial charge in [0.2, 0.25) is 6.54 Å². The van der Waals surface area contributed by atoms with Gasteiger partial charge in [0, 0.05) is 31.1 Å². The Kier molecular flexibility index (Phi) is 7.59. The molecule has 1 aromatic heterocycles. The summed E-state index contributed by atoms with van der Waals surface area (Å²) in [6.45, 7) is 24.3. The summed E-state index contributed by atoms with van der Waals surface area (Å²) in [6.07, 6.45) is 14.0. The number of esters is 1. The number of carbonyl (C=O) groups excluding carboxylic acids is 1. The monoisotopic (exact) mass is 590 g/mol. The van der Waals surface area contributed by atoms with Crippen LogP contribution in [0.2, 0.25) is 0 Å². The summed E-state index contributed by atoms with van der Waals surface area (Å²) in [5.41, 5.74) is 4.55. The van der Waals surface area contributed by atoms with Crippen LogP contribution in [0.1, 0.15) is 117 Å². The van der Waals surface area contributed by atoms with Gasteiger partial charge in [0.1, 0.15) is 6.10 Å². The number of ether oxygens (including phenoxy) is 1. The van der Waals surface area contributed by atoms with Crippen molar-refractivity contribution >= 4 is 5.97 Å². The lowest BCUT2D eigenvalue weighted by Crippen LogP contribution is -2.67. The summed E-state index contributed by atoms with van der Waals surface area (Å²) < 4.78 is 8.38. The molecule has 1 heterocycles. The Hall–Kier alpha value is -1.68. The molecule has 5 fully saturated rings. The Labute approximate surface area is 262 Å². The molecule has 0 aliphatic heterocycles. The van der Waals surface area contributed by atoms with E-state index in [0.29, 0.717) is 47.0 Å². The highest BCUT2D eigenvalue weighted by Gasteiger charge is 2.71. The van der Waals surface area contributed by atoms with Crippen LogP contribution in [0.25, 0.3) is 0 Å². The van der Waals surface area contributed by atoms with Gasteiger partial charge in [-0.3, -0.25) is 0 Å². The van der Waals surface area contributed by atoms with Crippen LogP contribution in [0.3, 0.4) is 0 Å². The van der Waals surface area contributed by atoms with E-state index in [4.69, 9.17) is 4.74 Å². The van der Waals surface area contributed by atoms with Crippen molar-refractivity contribution in [1.82, 2.24) is 0 Å². The van der Waals surface area contributed by atoms with Gasteiger partial charge in [-0.05, 0) is 135 Å². The summed E-state index contributed by atoms with van der Waals surface area (Å²) in [5, 5.41) is 10.8. The van der Waals surface area contributed by atoms with Crippen molar-refractivity contribution < 1.29 is 19.2 Å². The quantitative estimate of drug-likeness (QED) is 0.214. The van der Waals surface area contributed by atoms with Gasteiger partial charge < -0.3 is 9.84 Å². The molecule has 1 N–H and O–H groups in total. The lowest BCUT2D eigenvalue weighted by Gasteiger charge is -2.73. The summed E-state index contributed by atoms with van der Waals surface area (Å²) >= 11 is 0. The molecule has 5 aliphatic rings. The van der Waals surface area contributed by atoms with Gasteiger partial charge in [0.05, 0.1) is 0 Å². The van der Waals surface area contributed by atoms with Gasteiger partial charge in [-0.1, -0.05) is 46.8 Å². The summed E-state index contributed by atoms with van der Waals surface area (Å²) in [7, 11) is 0. The fourth-order valence-corrected chi connectivity index (χ4v) is 13.0. The number of allylic oxidation sites excluding steroid dienone is 1. The first-order valence-electron chi connectivity index (χ1n) is 17.6. The number of carbonyl (C=O) groups is 1. The number of aromatic nitrogens is 1. The first kappa shape index (κ1) is 31.3. The van der Waals surface area contributed by atoms with Crippen LogP contribution in [0.4, 0.5) is 0 Å². The van der Waals surface area contributed by atoms with E-state index in [2.05, 4.69) is 74.1 Å². The molecule has 0 radical (unpaired) electrons. The number of nitrogens with zero attached hydrogens (tertiary/aromatic N) is 1. The zero-order valence-corrected chi connectivity index (χ0v) is 28.6. The third-order valence-corrected chi connectivity index (χ3v) is 15.5. The predicted molar refractivity (Wildman–Crippen MR) is 172 cm³/mol. The SMILES string of the molecule is C=C(C)C1CC[C@]2(CO)CC[C@]3(C)C(CCC4[C@@]5(C)CCC(OC(=O)C[n+]6ccc(C)cc6C)C(C)(C)C5CC[C@]43C)C12. The minimum absolute atomic E-state index is 0.0321. The van der Waals surface area contributed by atoms with Crippen LogP contribution in [-0.2, 0) is 16.1 Å². The van der Waals surface area contributed by atoms with Crippen LogP contribution < -0.4 is 4.57 Å². The molecule has 10 atom stereocenters. The largest absolute Gasteiger partial charge is 0.457 e. The Balaban J connectivity index is 1.24. The Morgan fingerprint density at radius 2 is 1.70 bits per heavy atom. The van der Waals surface area contributed by atoms with Gasteiger partial charge in [-0.2, -0.15) is 4.57 Å². The van der Waals surface area contributed by atoms with E-state index in [9.17, 15) is 9.90 Å². The van der Waals surface area contributed by atoms with Crippen molar-refractivity contribution in [2.24, 2.45) is 56.7 Å². The maximum Gasteiger partial charge on any atom is 0.372 e. The Bertz CT molecular complexity index is 1290. The molecule has 0 aromatic carbocycles. The molecule has 6 unspecified atom stereocenters. The normalized spacial score (nSPS) is 44.9. The van der Waals surface area contributed by atoms with Crippen LogP contribution >= 0.6 is 0 Å². The zero-order chi connectivity index (χ0) is 31.2. The van der Waals surface area contributed by atoms with Crippen molar-refractivity contribution in [3.05, 3.63) is 41.7 Å². The summed E-state index contributed by atoms with van der Waals surface area (Å²) in [6, 6.07) is 4.19. The van der Waals surface area contributed by atoms with Crippen molar-refractivity contribution in [3.8, 4) is 0 Å². The Morgan fingerprint density at radius 3 is 2.37 bits per heavy atom. The molecular formula is C39H60NO3+. The average Bonchev–Trinajstić information content (AvgIpc) is 3.33. The zero-order valence-electron chi connectivity index (χ0n) is 28.6. The van der Waals surface area contributed by atoms with Gasteiger partial charge in [0.25, 0.3) is 0 Å². The van der Waals surface area contributed by atoms with Crippen LogP contribution in [0, 0.1) is 70.5 Å². The van der Waals surface area contributed by atoms with E-state index < -0.39 is 0 Å². The van der Waals surface area contributed by atoms with E-state index in [-0.39, 0.29) is 34.9 Å². The van der Waals surface area contributed by atoms with E-state index in [1.807, 2.05) is 10.8 Å². The highest BCUT2D eigenvalue weighted by atomic mass is 16.5. The topological polar surface area (TPSA) is 50.4 Å². The van der Waals surface area contributed by atoms with E-state index in [1.165, 1.54) is 62.5 Å². The molecule has 6 rings (SSSR count). The van der Waals surface area contributed by atoms with Crippen molar-refractivity contribution in [1.29, 1.82) is 0 Å². The molecule has 5 aliphatic carbocycles. The number of fused-ring (bicyclic) bond motifs is 7. The third-order valence-electron chi connectivity index (χ3n) is 15.5. The Morgan fingerprint density at radius 1 is 0.953 bits per heavy atom. The number of hydrogen-bond donors (Lipinski definition) is 1. The second-order valence-corrected chi connectivity index (χ2v) is 17.5. The molecule has 1 aromatic rings. The fraction of sp³-hybridized carbons (Fsp3) is 0.795. The number of hydrogen-bond acceptors (Lipinski definition) is 3. The third kappa shape index (κ3) is 4.45. The first-order chi connectivity index (χ1) is 20.1. The maximum absolute atomic E-state index is 13.3. The number of rotatable bonds is 5. The van der Waals surface area contributed by atoms with E-state index in [0.717, 1.165) is 18.5 Å². The van der Waals surface area contributed by atoms with E-state index in [1.54, 1.807) is 0 Å². The molecular weight excluding hydrogens is 530 g/mol. The minimum Gasteiger partial charge on any atom is -0.457 e. The maximum atomic E-state index is 13.3. The van der Waals surface area contributed by atoms with Gasteiger partial charge in [-0.15, -0.1) is 0 Å². The highest BCUT2D eigenvalue weighted by Crippen LogP contribution is 2.77. The number of pyridine rings is 1. The standard InChI is InChI=1S/C39H60NO3/c1-25(2)28-12-18-39(24-41)20-19-37(8)29(34(28)39)10-11-31-36(7)16-14-32(35(5,6)30(36)13-17-38(31,37)9)43-33(42)23-40-21-15-26(3)22-27(40)4/h15,21-22,28-32,34,41H,1,10-14,16-20,23-24H2,2-9H3/q+1/t28?,29?,30?,31?,32?,34?,36-,37+,38+,39+/m0/s1. The van der Waals surface area contributed by atoms with Crippen LogP contribution in [0.15, 0.2) is 30.5 Å². The molecule has 4 heteroatoms. The van der Waals surface area contributed by atoms with Gasteiger partial charge in [0.15, 0.2) is 11.9 Å². The van der Waals surface area contributed by atoms with Crippen molar-refractivity contribution in [3.63, 3.8) is 0 Å². The molecule has 238 valence electrons. The number of aliphatic hydroxyl groups excluding tert-OH is 1. The van der Waals surface area contributed by atoms with E-state index >= 15 is 0 Å². The second kappa shape index (κ2) is 10.4. The van der Waals surface area contributed by atoms with Crippen LogP contribution in [0.5, 0.6) is 0 Å². The molecule has 43 heavy (non-hydrogen) atoms. The average molecular weight is 591 g/mol. The van der Waals surface area contributed by atoms with Crippen LogP contribution in [-0.4, -0.2) is 23.8 Å². The molecule has 5 saturated carbocycles. The lowest BCUT2D eigenvalue weighted by atomic mass is 9.32.